The van der Waals surface area contributed by atoms with E-state index < -0.39 is 16.4 Å². The number of amides is 1. The van der Waals surface area contributed by atoms with Crippen molar-refractivity contribution in [1.29, 1.82) is 0 Å². The van der Waals surface area contributed by atoms with Crippen molar-refractivity contribution in [3.8, 4) is 28.4 Å². The van der Waals surface area contributed by atoms with Crippen LogP contribution < -0.4 is 30.6 Å². The zero-order valence-corrected chi connectivity index (χ0v) is 22.9. The van der Waals surface area contributed by atoms with E-state index in [2.05, 4.69) is 0 Å². The summed E-state index contributed by atoms with van der Waals surface area (Å²) in [7, 11) is 3.06. The van der Waals surface area contributed by atoms with Gasteiger partial charge in [-0.05, 0) is 60.4 Å². The van der Waals surface area contributed by atoms with Crippen LogP contribution >= 0.6 is 0 Å². The van der Waals surface area contributed by atoms with E-state index in [9.17, 15) is 24.8 Å². The summed E-state index contributed by atoms with van der Waals surface area (Å²) in [6, 6.07) is 14.9. The summed E-state index contributed by atoms with van der Waals surface area (Å²) in [5, 5.41) is 20.8. The number of methoxy groups -OCH3 is 2. The Hall–Kier alpha value is -4.81. The van der Waals surface area contributed by atoms with E-state index in [4.69, 9.17) is 18.6 Å². The Morgan fingerprint density at radius 1 is 1.02 bits per heavy atom. The molecule has 0 aliphatic carbocycles. The topological polar surface area (TPSA) is 147 Å². The predicted octanol–water partition coefficient (Wildman–Crippen LogP) is 3.36. The van der Waals surface area contributed by atoms with Crippen LogP contribution in [0.4, 0.5) is 5.69 Å². The standard InChI is InChI=1S/C30H28N3O9/c1-39-25-8-4-18(11-27(25)40-2)22-10-19-3-5-21(12-26(19)42-30(22)36)41-16-28(34)31-13-17-9-20(15-31)23-6-7-24(33(37)38)29(35)32(23)14-17/h3-8,10-12,17,20,37H,9,13-16H2,1-2H3/q-1/t17-,20?/m0/s1. The number of hydrogen-bond donors (Lipinski definition) is 1. The average Bonchev–Trinajstić information content (AvgIpc) is 2.99. The molecule has 2 aromatic carbocycles. The summed E-state index contributed by atoms with van der Waals surface area (Å²) in [6.07, 6.45) is 0.818. The lowest BCUT2D eigenvalue weighted by molar-refractivity contribution is -0.136. The molecule has 12 nitrogen and oxygen atoms in total. The first-order valence-corrected chi connectivity index (χ1v) is 13.4. The van der Waals surface area contributed by atoms with Crippen molar-refractivity contribution >= 4 is 22.6 Å². The van der Waals surface area contributed by atoms with Gasteiger partial charge in [0.1, 0.15) is 17.0 Å². The normalized spacial score (nSPS) is 17.5. The number of pyridine rings is 1. The minimum Gasteiger partial charge on any atom is -0.733 e. The van der Waals surface area contributed by atoms with Gasteiger partial charge in [-0.25, -0.2) is 4.79 Å². The SMILES string of the molecule is COc1ccc(-c2cc3ccc(OCC(=O)N4CC5C[C@@H](C4)Cn4c5ccc(N([O-])O)c4=O)cc3oc2=O)cc1OC. The van der Waals surface area contributed by atoms with Crippen LogP contribution in [0.3, 0.4) is 0 Å². The van der Waals surface area contributed by atoms with Crippen LogP contribution in [0.5, 0.6) is 17.2 Å². The second-order valence-electron chi connectivity index (χ2n) is 10.4. The minimum absolute atomic E-state index is 0.0294. The molecule has 1 fully saturated rings. The first-order chi connectivity index (χ1) is 20.2. The lowest BCUT2D eigenvalue weighted by atomic mass is 9.83. The molecule has 42 heavy (non-hydrogen) atoms. The summed E-state index contributed by atoms with van der Waals surface area (Å²) in [5.41, 5.74) is 0.639. The molecule has 1 unspecified atom stereocenters. The van der Waals surface area contributed by atoms with E-state index in [1.807, 2.05) is 0 Å². The van der Waals surface area contributed by atoms with E-state index in [1.165, 1.54) is 24.9 Å². The first kappa shape index (κ1) is 27.4. The number of aromatic nitrogens is 1. The van der Waals surface area contributed by atoms with Crippen molar-refractivity contribution in [2.45, 2.75) is 18.9 Å². The van der Waals surface area contributed by atoms with Crippen LogP contribution in [0.15, 0.2) is 68.6 Å². The molecular formula is C30H28N3O9-. The number of anilines is 1. The predicted molar refractivity (Wildman–Crippen MR) is 152 cm³/mol. The molecule has 6 rings (SSSR count). The number of nitrogens with zero attached hydrogens (tertiary/aromatic N) is 3. The van der Waals surface area contributed by atoms with Crippen LogP contribution in [0, 0.1) is 11.1 Å². The van der Waals surface area contributed by atoms with Gasteiger partial charge in [-0.3, -0.25) is 14.8 Å². The maximum absolute atomic E-state index is 13.1. The summed E-state index contributed by atoms with van der Waals surface area (Å²) >= 11 is 0. The number of ether oxygens (including phenoxy) is 3. The van der Waals surface area contributed by atoms with Gasteiger partial charge < -0.3 is 38.5 Å². The van der Waals surface area contributed by atoms with Gasteiger partial charge in [-0.1, -0.05) is 6.07 Å². The van der Waals surface area contributed by atoms with Crippen LogP contribution in [-0.2, 0) is 11.3 Å². The minimum atomic E-state index is -0.540. The molecule has 0 spiro atoms. The van der Waals surface area contributed by atoms with Gasteiger partial charge in [0.05, 0.1) is 19.8 Å². The third-order valence-corrected chi connectivity index (χ3v) is 7.91. The lowest BCUT2D eigenvalue weighted by Gasteiger charge is -2.43. The molecule has 1 amide bonds. The third kappa shape index (κ3) is 4.95. The Morgan fingerprint density at radius 3 is 2.60 bits per heavy atom. The van der Waals surface area contributed by atoms with Crippen LogP contribution in [0.25, 0.3) is 22.1 Å². The van der Waals surface area contributed by atoms with Gasteiger partial charge in [0.2, 0.25) is 0 Å². The fraction of sp³-hybridized carbons (Fsp3) is 0.300. The second-order valence-corrected chi connectivity index (χ2v) is 10.4. The maximum Gasteiger partial charge on any atom is 0.344 e. The molecule has 2 aromatic heterocycles. The number of hydrogen-bond acceptors (Lipinski definition) is 10. The Bertz CT molecular complexity index is 1800. The van der Waals surface area contributed by atoms with Crippen molar-refractivity contribution in [3.05, 3.63) is 86.3 Å². The Balaban J connectivity index is 1.15. The van der Waals surface area contributed by atoms with Crippen molar-refractivity contribution < 1.29 is 28.6 Å². The van der Waals surface area contributed by atoms with E-state index in [1.54, 1.807) is 53.4 Å². The monoisotopic (exact) mass is 574 g/mol. The first-order valence-electron chi connectivity index (χ1n) is 13.4. The van der Waals surface area contributed by atoms with Crippen molar-refractivity contribution in [2.75, 3.05) is 39.1 Å². The lowest BCUT2D eigenvalue weighted by Crippen LogP contribution is -2.50. The summed E-state index contributed by atoms with van der Waals surface area (Å²) < 4.78 is 23.5. The molecule has 0 saturated carbocycles. The molecular weight excluding hydrogens is 546 g/mol. The van der Waals surface area contributed by atoms with Gasteiger partial charge in [-0.15, -0.1) is 0 Å². The average molecular weight is 575 g/mol. The number of carbonyl (C=O) groups excluding carboxylic acids is 1. The van der Waals surface area contributed by atoms with Crippen molar-refractivity contribution in [3.63, 3.8) is 0 Å². The van der Waals surface area contributed by atoms with Crippen LogP contribution in [0.2, 0.25) is 0 Å². The summed E-state index contributed by atoms with van der Waals surface area (Å²) in [6.45, 7) is 0.996. The molecule has 4 heterocycles. The summed E-state index contributed by atoms with van der Waals surface area (Å²) in [5.74, 6) is 1.17. The summed E-state index contributed by atoms with van der Waals surface area (Å²) in [4.78, 5) is 40.3. The van der Waals surface area contributed by atoms with Gasteiger partial charge in [0.15, 0.2) is 18.1 Å². The molecule has 0 radical (unpaired) electrons. The molecule has 1 N–H and O–H groups in total. The highest BCUT2D eigenvalue weighted by Crippen LogP contribution is 2.36. The highest BCUT2D eigenvalue weighted by atomic mass is 16.8. The number of piperidine rings is 1. The number of carbonyl (C=O) groups is 1. The second kappa shape index (κ2) is 10.9. The number of likely N-dealkylation sites (tertiary alicyclic amines) is 1. The molecule has 2 aliphatic rings. The number of rotatable bonds is 7. The molecule has 2 bridgehead atoms. The fourth-order valence-corrected chi connectivity index (χ4v) is 5.91. The quantitative estimate of drug-likeness (QED) is 0.257. The maximum atomic E-state index is 13.1. The van der Waals surface area contributed by atoms with Crippen LogP contribution in [0.1, 0.15) is 18.0 Å². The van der Waals surface area contributed by atoms with Crippen molar-refractivity contribution in [2.24, 2.45) is 5.92 Å². The molecule has 2 atom stereocenters. The highest BCUT2D eigenvalue weighted by Gasteiger charge is 2.36. The molecule has 2 aliphatic heterocycles. The van der Waals surface area contributed by atoms with E-state index in [0.29, 0.717) is 59.0 Å². The van der Waals surface area contributed by atoms with Crippen LogP contribution in [-0.4, -0.2) is 54.5 Å². The van der Waals surface area contributed by atoms with Crippen molar-refractivity contribution in [1.82, 2.24) is 9.47 Å². The number of fused-ring (bicyclic) bond motifs is 5. The van der Waals surface area contributed by atoms with Gasteiger partial charge in [-0.2, -0.15) is 0 Å². The largest absolute Gasteiger partial charge is 0.733 e. The third-order valence-electron chi connectivity index (χ3n) is 7.91. The Kier molecular flexibility index (Phi) is 7.09. The van der Waals surface area contributed by atoms with Gasteiger partial charge in [0, 0.05) is 42.7 Å². The smallest absolute Gasteiger partial charge is 0.344 e. The fourth-order valence-electron chi connectivity index (χ4n) is 5.91. The Morgan fingerprint density at radius 2 is 1.83 bits per heavy atom. The highest BCUT2D eigenvalue weighted by molar-refractivity contribution is 5.83. The molecule has 218 valence electrons. The van der Waals surface area contributed by atoms with E-state index in [0.717, 1.165) is 12.1 Å². The van der Waals surface area contributed by atoms with E-state index in [-0.39, 0.29) is 30.0 Å². The zero-order chi connectivity index (χ0) is 29.5. The van der Waals surface area contributed by atoms with Gasteiger partial charge in [0.25, 0.3) is 11.5 Å². The Labute approximate surface area is 239 Å². The zero-order valence-electron chi connectivity index (χ0n) is 22.9. The molecule has 1 saturated heterocycles. The van der Waals surface area contributed by atoms with E-state index >= 15 is 0 Å². The number of benzene rings is 2. The molecule has 4 aromatic rings. The van der Waals surface area contributed by atoms with Gasteiger partial charge >= 0.3 is 5.63 Å². The molecule has 12 heteroatoms.